The number of nitrogens with one attached hydrogen (secondary N) is 2. The molecule has 0 atom stereocenters. The number of methoxy groups -OCH3 is 2. The Bertz CT molecular complexity index is 929. The van der Waals surface area contributed by atoms with Crippen molar-refractivity contribution in [1.82, 2.24) is 10.6 Å². The molecule has 0 saturated heterocycles. The Morgan fingerprint density at radius 2 is 1.58 bits per heavy atom. The quantitative estimate of drug-likeness (QED) is 0.285. The van der Waals surface area contributed by atoms with Gasteiger partial charge < -0.3 is 29.6 Å². The van der Waals surface area contributed by atoms with Gasteiger partial charge in [-0.15, -0.1) is 0 Å². The van der Waals surface area contributed by atoms with Gasteiger partial charge in [-0.3, -0.25) is 9.59 Å². The highest BCUT2D eigenvalue weighted by molar-refractivity contribution is 5.94. The number of carbonyl (C=O) groups excluding carboxylic acids is 3. The summed E-state index contributed by atoms with van der Waals surface area (Å²) in [5, 5.41) is 5.63. The van der Waals surface area contributed by atoms with E-state index >= 15 is 0 Å². The van der Waals surface area contributed by atoms with E-state index in [4.69, 9.17) is 18.9 Å². The molecule has 0 saturated carbocycles. The van der Waals surface area contributed by atoms with Crippen molar-refractivity contribution >= 4 is 18.0 Å². The molecular formula is C24H30N2O7. The molecular weight excluding hydrogens is 428 g/mol. The van der Waals surface area contributed by atoms with Crippen LogP contribution in [0.3, 0.4) is 0 Å². The third-order valence-corrected chi connectivity index (χ3v) is 4.63. The summed E-state index contributed by atoms with van der Waals surface area (Å²) in [4.78, 5) is 35.5. The molecule has 0 unspecified atom stereocenters. The first kappa shape index (κ1) is 25.5. The number of benzene rings is 2. The van der Waals surface area contributed by atoms with E-state index < -0.39 is 6.16 Å². The SMILES string of the molecule is CCOC(=O)Oc1ccc(C(=O)NCCCNC(=O)CCc2ccc(OC)c(OC)c2)cc1. The third kappa shape index (κ3) is 8.72. The Morgan fingerprint density at radius 3 is 2.24 bits per heavy atom. The molecule has 2 N–H and O–H groups in total. The minimum atomic E-state index is -0.791. The average Bonchev–Trinajstić information content (AvgIpc) is 2.82. The van der Waals surface area contributed by atoms with Crippen LogP contribution in [0.2, 0.25) is 0 Å². The maximum absolute atomic E-state index is 12.2. The summed E-state index contributed by atoms with van der Waals surface area (Å²) >= 11 is 0. The summed E-state index contributed by atoms with van der Waals surface area (Å²) in [6, 6.07) is 11.7. The fraction of sp³-hybridized carbons (Fsp3) is 0.375. The topological polar surface area (TPSA) is 112 Å². The van der Waals surface area contributed by atoms with E-state index in [1.165, 1.54) is 12.1 Å². The van der Waals surface area contributed by atoms with Crippen molar-refractivity contribution in [2.24, 2.45) is 0 Å². The highest BCUT2D eigenvalue weighted by atomic mass is 16.7. The number of aryl methyl sites for hydroxylation is 1. The highest BCUT2D eigenvalue weighted by Crippen LogP contribution is 2.27. The van der Waals surface area contributed by atoms with Crippen molar-refractivity contribution in [2.45, 2.75) is 26.2 Å². The van der Waals surface area contributed by atoms with E-state index in [9.17, 15) is 14.4 Å². The van der Waals surface area contributed by atoms with E-state index in [-0.39, 0.29) is 18.4 Å². The van der Waals surface area contributed by atoms with Crippen LogP contribution in [0, 0.1) is 0 Å². The maximum Gasteiger partial charge on any atom is 0.513 e. The zero-order valence-electron chi connectivity index (χ0n) is 19.1. The Balaban J connectivity index is 1.64. The van der Waals surface area contributed by atoms with Crippen molar-refractivity contribution in [3.63, 3.8) is 0 Å². The van der Waals surface area contributed by atoms with Crippen molar-refractivity contribution in [3.05, 3.63) is 53.6 Å². The summed E-state index contributed by atoms with van der Waals surface area (Å²) in [6.07, 6.45) is 0.735. The van der Waals surface area contributed by atoms with Gasteiger partial charge in [0.1, 0.15) is 5.75 Å². The van der Waals surface area contributed by atoms with Crippen LogP contribution in [0.4, 0.5) is 4.79 Å². The van der Waals surface area contributed by atoms with E-state index in [1.807, 2.05) is 18.2 Å². The number of rotatable bonds is 12. The Hall–Kier alpha value is -3.75. The lowest BCUT2D eigenvalue weighted by atomic mass is 10.1. The fourth-order valence-corrected chi connectivity index (χ4v) is 2.92. The first-order chi connectivity index (χ1) is 16.0. The Morgan fingerprint density at radius 1 is 0.879 bits per heavy atom. The standard InChI is InChI=1S/C24H30N2O7/c1-4-32-24(29)33-19-10-8-18(9-11-19)23(28)26-15-5-14-25-22(27)13-7-17-6-12-20(30-2)21(16-17)31-3/h6,8-12,16H,4-5,7,13-15H2,1-3H3,(H,25,27)(H,26,28). The first-order valence-corrected chi connectivity index (χ1v) is 10.7. The lowest BCUT2D eigenvalue weighted by molar-refractivity contribution is -0.121. The lowest BCUT2D eigenvalue weighted by Gasteiger charge is -2.10. The molecule has 2 aromatic rings. The largest absolute Gasteiger partial charge is 0.513 e. The molecule has 178 valence electrons. The lowest BCUT2D eigenvalue weighted by Crippen LogP contribution is -2.30. The number of hydrogen-bond donors (Lipinski definition) is 2. The molecule has 0 aliphatic heterocycles. The Labute approximate surface area is 193 Å². The maximum atomic E-state index is 12.2. The molecule has 2 aromatic carbocycles. The zero-order valence-corrected chi connectivity index (χ0v) is 19.1. The van der Waals surface area contributed by atoms with Crippen molar-refractivity contribution < 1.29 is 33.3 Å². The van der Waals surface area contributed by atoms with Crippen LogP contribution in [-0.2, 0) is 16.0 Å². The molecule has 0 aliphatic carbocycles. The molecule has 0 heterocycles. The van der Waals surface area contributed by atoms with Crippen LogP contribution in [0.25, 0.3) is 0 Å². The predicted octanol–water partition coefficient (Wildman–Crippen LogP) is 3.11. The number of ether oxygens (including phenoxy) is 4. The van der Waals surface area contributed by atoms with Gasteiger partial charge in [-0.1, -0.05) is 6.07 Å². The summed E-state index contributed by atoms with van der Waals surface area (Å²) in [5.41, 5.74) is 1.42. The summed E-state index contributed by atoms with van der Waals surface area (Å²) in [7, 11) is 3.15. The average molecular weight is 459 g/mol. The summed E-state index contributed by atoms with van der Waals surface area (Å²) in [6.45, 7) is 2.77. The normalized spacial score (nSPS) is 10.2. The van der Waals surface area contributed by atoms with Crippen LogP contribution in [0.1, 0.15) is 35.7 Å². The first-order valence-electron chi connectivity index (χ1n) is 10.7. The fourth-order valence-electron chi connectivity index (χ4n) is 2.92. The van der Waals surface area contributed by atoms with Crippen LogP contribution < -0.4 is 24.8 Å². The van der Waals surface area contributed by atoms with Crippen molar-refractivity contribution in [3.8, 4) is 17.2 Å². The Kier molecular flexibility index (Phi) is 10.5. The van der Waals surface area contributed by atoms with Gasteiger partial charge in [-0.05, 0) is 61.7 Å². The van der Waals surface area contributed by atoms with Crippen LogP contribution in [0.15, 0.2) is 42.5 Å². The van der Waals surface area contributed by atoms with Crippen molar-refractivity contribution in [2.75, 3.05) is 33.9 Å². The summed E-state index contributed by atoms with van der Waals surface area (Å²) < 4.78 is 20.1. The van der Waals surface area contributed by atoms with Gasteiger partial charge >= 0.3 is 6.16 Å². The number of hydrogen-bond acceptors (Lipinski definition) is 7. The monoisotopic (exact) mass is 458 g/mol. The van der Waals surface area contributed by atoms with Gasteiger partial charge in [0.05, 0.1) is 20.8 Å². The second-order valence-electron chi connectivity index (χ2n) is 6.96. The van der Waals surface area contributed by atoms with Gasteiger partial charge in [-0.2, -0.15) is 0 Å². The molecule has 0 aromatic heterocycles. The van der Waals surface area contributed by atoms with Crippen LogP contribution in [-0.4, -0.2) is 51.9 Å². The van der Waals surface area contributed by atoms with Gasteiger partial charge in [-0.25, -0.2) is 4.79 Å². The van der Waals surface area contributed by atoms with Crippen molar-refractivity contribution in [1.29, 1.82) is 0 Å². The molecule has 2 rings (SSSR count). The van der Waals surface area contributed by atoms with E-state index in [1.54, 1.807) is 33.3 Å². The highest BCUT2D eigenvalue weighted by Gasteiger charge is 2.09. The van der Waals surface area contributed by atoms with Crippen LogP contribution >= 0.6 is 0 Å². The molecule has 0 bridgehead atoms. The van der Waals surface area contributed by atoms with Gasteiger partial charge in [0, 0.05) is 25.1 Å². The van der Waals surface area contributed by atoms with E-state index in [2.05, 4.69) is 10.6 Å². The minimum absolute atomic E-state index is 0.0618. The second-order valence-corrected chi connectivity index (χ2v) is 6.96. The molecule has 0 fully saturated rings. The summed E-state index contributed by atoms with van der Waals surface area (Å²) in [5.74, 6) is 1.26. The van der Waals surface area contributed by atoms with E-state index in [0.29, 0.717) is 55.2 Å². The molecule has 33 heavy (non-hydrogen) atoms. The molecule has 0 aliphatic rings. The number of amides is 2. The zero-order chi connectivity index (χ0) is 24.1. The molecule has 0 spiro atoms. The predicted molar refractivity (Wildman–Crippen MR) is 122 cm³/mol. The third-order valence-electron chi connectivity index (χ3n) is 4.63. The smallest absolute Gasteiger partial charge is 0.493 e. The number of carbonyl (C=O) groups is 3. The van der Waals surface area contributed by atoms with Gasteiger partial charge in [0.15, 0.2) is 11.5 Å². The second kappa shape index (κ2) is 13.6. The van der Waals surface area contributed by atoms with Gasteiger partial charge in [0.2, 0.25) is 5.91 Å². The van der Waals surface area contributed by atoms with Crippen LogP contribution in [0.5, 0.6) is 17.2 Å². The van der Waals surface area contributed by atoms with E-state index in [0.717, 1.165) is 5.56 Å². The minimum Gasteiger partial charge on any atom is -0.493 e. The van der Waals surface area contributed by atoms with Gasteiger partial charge in [0.25, 0.3) is 5.91 Å². The molecule has 9 nitrogen and oxygen atoms in total. The molecule has 9 heteroatoms. The molecule has 2 amide bonds. The molecule has 0 radical (unpaired) electrons.